The van der Waals surface area contributed by atoms with Crippen LogP contribution in [0.4, 0.5) is 16.2 Å². The molecule has 0 spiro atoms. The lowest BCUT2D eigenvalue weighted by molar-refractivity contribution is 0.410. The van der Waals surface area contributed by atoms with Gasteiger partial charge in [-0.1, -0.05) is 6.92 Å². The molecular formula is C19H22FN5O. The second kappa shape index (κ2) is 7.56. The van der Waals surface area contributed by atoms with E-state index in [1.807, 2.05) is 12.1 Å². The maximum Gasteiger partial charge on any atom is 0.224 e. The van der Waals surface area contributed by atoms with Gasteiger partial charge in [0.05, 0.1) is 12.8 Å². The van der Waals surface area contributed by atoms with Gasteiger partial charge < -0.3 is 15.0 Å². The summed E-state index contributed by atoms with van der Waals surface area (Å²) in [4.78, 5) is 11.3. The lowest BCUT2D eigenvalue weighted by Crippen LogP contribution is -2.29. The molecule has 26 heavy (non-hydrogen) atoms. The molecule has 1 aromatic carbocycles. The van der Waals surface area contributed by atoms with Crippen molar-refractivity contribution >= 4 is 11.8 Å². The van der Waals surface area contributed by atoms with Gasteiger partial charge in [-0.15, -0.1) is 0 Å². The highest BCUT2D eigenvalue weighted by Crippen LogP contribution is 2.32. The quantitative estimate of drug-likeness (QED) is 0.884. The molecule has 7 heteroatoms. The van der Waals surface area contributed by atoms with Gasteiger partial charge in [-0.3, -0.25) is 0 Å². The largest absolute Gasteiger partial charge is 0.495 e. The minimum atomic E-state index is -0.624. The number of ether oxygens (including phenoxy) is 1. The molecule has 1 fully saturated rings. The van der Waals surface area contributed by atoms with Gasteiger partial charge >= 0.3 is 0 Å². The third kappa shape index (κ3) is 3.27. The van der Waals surface area contributed by atoms with Crippen molar-refractivity contribution in [1.29, 1.82) is 5.26 Å². The monoisotopic (exact) mass is 355 g/mol. The Balaban J connectivity index is 2.10. The van der Waals surface area contributed by atoms with E-state index >= 15 is 0 Å². The molecule has 1 unspecified atom stereocenters. The predicted octanol–water partition coefficient (Wildman–Crippen LogP) is 3.58. The van der Waals surface area contributed by atoms with Crippen LogP contribution in [0.5, 0.6) is 5.75 Å². The highest BCUT2D eigenvalue weighted by atomic mass is 19.1. The molecule has 1 N–H and O–H groups in total. The van der Waals surface area contributed by atoms with Crippen molar-refractivity contribution in [2.45, 2.75) is 32.2 Å². The summed E-state index contributed by atoms with van der Waals surface area (Å²) in [5, 5.41) is 12.1. The van der Waals surface area contributed by atoms with Gasteiger partial charge in [0.2, 0.25) is 5.95 Å². The van der Waals surface area contributed by atoms with Crippen LogP contribution in [0.1, 0.15) is 31.7 Å². The van der Waals surface area contributed by atoms with E-state index in [4.69, 9.17) is 10.00 Å². The highest BCUT2D eigenvalue weighted by molar-refractivity contribution is 5.68. The zero-order chi connectivity index (χ0) is 18.7. The molecule has 0 bridgehead atoms. The van der Waals surface area contributed by atoms with Crippen molar-refractivity contribution < 1.29 is 9.13 Å². The first-order valence-corrected chi connectivity index (χ1v) is 8.72. The van der Waals surface area contributed by atoms with Crippen LogP contribution in [-0.2, 0) is 0 Å². The summed E-state index contributed by atoms with van der Waals surface area (Å²) in [5.41, 5.74) is 1.03. The number of benzene rings is 1. The van der Waals surface area contributed by atoms with Gasteiger partial charge in [-0.05, 0) is 31.4 Å². The Bertz CT molecular complexity index is 849. The third-order valence-electron chi connectivity index (χ3n) is 4.76. The minimum Gasteiger partial charge on any atom is -0.495 e. The zero-order valence-electron chi connectivity index (χ0n) is 15.2. The summed E-state index contributed by atoms with van der Waals surface area (Å²) in [6.07, 6.45) is 3.32. The molecule has 0 saturated carbocycles. The molecule has 2 aromatic rings. The molecule has 2 heterocycles. The van der Waals surface area contributed by atoms with Crippen LogP contribution in [0.2, 0.25) is 0 Å². The van der Waals surface area contributed by atoms with Crippen LogP contribution in [0.15, 0.2) is 18.2 Å². The molecule has 1 aliphatic rings. The summed E-state index contributed by atoms with van der Waals surface area (Å²) < 4.78 is 19.5. The number of aromatic nitrogens is 2. The second-order valence-corrected chi connectivity index (χ2v) is 6.23. The first-order valence-electron chi connectivity index (χ1n) is 8.72. The average molecular weight is 355 g/mol. The van der Waals surface area contributed by atoms with E-state index in [0.717, 1.165) is 31.6 Å². The summed E-state index contributed by atoms with van der Waals surface area (Å²) >= 11 is 0. The van der Waals surface area contributed by atoms with Crippen molar-refractivity contribution in [3.63, 3.8) is 0 Å². The van der Waals surface area contributed by atoms with Crippen LogP contribution in [0.25, 0.3) is 11.3 Å². The third-order valence-corrected chi connectivity index (χ3v) is 4.76. The number of nitriles is 1. The highest BCUT2D eigenvalue weighted by Gasteiger charge is 2.25. The first-order chi connectivity index (χ1) is 12.6. The van der Waals surface area contributed by atoms with Gasteiger partial charge in [0.15, 0.2) is 0 Å². The minimum absolute atomic E-state index is 0.107. The van der Waals surface area contributed by atoms with E-state index in [-0.39, 0.29) is 11.3 Å². The maximum atomic E-state index is 14.3. The predicted molar refractivity (Wildman–Crippen MR) is 98.9 cm³/mol. The van der Waals surface area contributed by atoms with Crippen LogP contribution in [-0.4, -0.2) is 36.7 Å². The van der Waals surface area contributed by atoms with Crippen molar-refractivity contribution in [2.24, 2.45) is 0 Å². The first kappa shape index (κ1) is 17.9. The summed E-state index contributed by atoms with van der Waals surface area (Å²) in [7, 11) is 3.17. The lowest BCUT2D eigenvalue weighted by atomic mass is 10.1. The number of anilines is 2. The van der Waals surface area contributed by atoms with E-state index in [2.05, 4.69) is 27.1 Å². The number of methoxy groups -OCH3 is 1. The van der Waals surface area contributed by atoms with E-state index < -0.39 is 5.82 Å². The van der Waals surface area contributed by atoms with E-state index in [0.29, 0.717) is 23.2 Å². The van der Waals surface area contributed by atoms with Gasteiger partial charge in [-0.25, -0.2) is 9.37 Å². The standard InChI is InChI=1S/C19H22FN5O/c1-4-13-6-5-7-25(13)18-10-16(23-19(22-2)24-18)12-8-15(20)14(11-21)17(9-12)26-3/h8-10,13H,4-7H2,1-3H3,(H,22,23,24). The zero-order valence-corrected chi connectivity index (χ0v) is 15.2. The van der Waals surface area contributed by atoms with Crippen molar-refractivity contribution in [3.05, 3.63) is 29.6 Å². The maximum absolute atomic E-state index is 14.3. The molecule has 1 aliphatic heterocycles. The second-order valence-electron chi connectivity index (χ2n) is 6.23. The lowest BCUT2D eigenvalue weighted by Gasteiger charge is -2.25. The molecule has 0 radical (unpaired) electrons. The molecule has 0 aliphatic carbocycles. The molecular weight excluding hydrogens is 333 g/mol. The SMILES string of the molecule is CCC1CCCN1c1cc(-c2cc(F)c(C#N)c(OC)c2)nc(NC)n1. The van der Waals surface area contributed by atoms with Gasteiger partial charge in [-0.2, -0.15) is 10.2 Å². The number of halogens is 1. The smallest absolute Gasteiger partial charge is 0.224 e. The molecule has 136 valence electrons. The number of hydrogen-bond acceptors (Lipinski definition) is 6. The Morgan fingerprint density at radius 1 is 1.38 bits per heavy atom. The van der Waals surface area contributed by atoms with Crippen molar-refractivity contribution in [1.82, 2.24) is 9.97 Å². The summed E-state index contributed by atoms with van der Waals surface area (Å²) in [5.74, 6) is 0.873. The fraction of sp³-hybridized carbons (Fsp3) is 0.421. The van der Waals surface area contributed by atoms with Gasteiger partial charge in [0.25, 0.3) is 0 Å². The normalized spacial score (nSPS) is 16.4. The topological polar surface area (TPSA) is 74.1 Å². The van der Waals surface area contributed by atoms with Crippen molar-refractivity contribution in [2.75, 3.05) is 30.9 Å². The van der Waals surface area contributed by atoms with Crippen molar-refractivity contribution in [3.8, 4) is 23.1 Å². The van der Waals surface area contributed by atoms with Crippen LogP contribution in [0.3, 0.4) is 0 Å². The molecule has 3 rings (SSSR count). The Hall–Kier alpha value is -2.88. The van der Waals surface area contributed by atoms with E-state index in [9.17, 15) is 4.39 Å². The summed E-state index contributed by atoms with van der Waals surface area (Å²) in [6.45, 7) is 3.12. The summed E-state index contributed by atoms with van der Waals surface area (Å²) in [6, 6.07) is 7.10. The van der Waals surface area contributed by atoms with Crippen LogP contribution in [0, 0.1) is 17.1 Å². The number of rotatable bonds is 5. The average Bonchev–Trinajstić information content (AvgIpc) is 3.15. The Morgan fingerprint density at radius 3 is 2.85 bits per heavy atom. The molecule has 1 aromatic heterocycles. The van der Waals surface area contributed by atoms with Gasteiger partial charge in [0.1, 0.15) is 29.0 Å². The van der Waals surface area contributed by atoms with Gasteiger partial charge in [0, 0.05) is 31.3 Å². The molecule has 0 amide bonds. The van der Waals surface area contributed by atoms with Crippen LogP contribution < -0.4 is 15.0 Å². The molecule has 1 atom stereocenters. The van der Waals surface area contributed by atoms with Crippen LogP contribution >= 0.6 is 0 Å². The fourth-order valence-electron chi connectivity index (χ4n) is 3.40. The number of nitrogens with zero attached hydrogens (tertiary/aromatic N) is 4. The number of nitrogens with one attached hydrogen (secondary N) is 1. The molecule has 1 saturated heterocycles. The molecule has 6 nitrogen and oxygen atoms in total. The fourth-order valence-corrected chi connectivity index (χ4v) is 3.40. The van der Waals surface area contributed by atoms with E-state index in [1.54, 1.807) is 13.1 Å². The Morgan fingerprint density at radius 2 is 2.19 bits per heavy atom. The Labute approximate surface area is 152 Å². The van der Waals surface area contributed by atoms with E-state index in [1.165, 1.54) is 13.2 Å². The Kier molecular flexibility index (Phi) is 5.21. The number of hydrogen-bond donors (Lipinski definition) is 1.